The average Bonchev–Trinajstić information content (AvgIpc) is 2.84. The van der Waals surface area contributed by atoms with Crippen LogP contribution in [0.5, 0.6) is 0 Å². The molecule has 0 aliphatic rings. The molecule has 0 saturated carbocycles. The summed E-state index contributed by atoms with van der Waals surface area (Å²) in [7, 11) is 0. The largest absolute Gasteiger partial charge is 0.444 e. The molecule has 0 heterocycles. The van der Waals surface area contributed by atoms with Gasteiger partial charge in [0.1, 0.15) is 9.93 Å². The van der Waals surface area contributed by atoms with E-state index in [9.17, 15) is 4.79 Å². The third kappa shape index (κ3) is 6.20. The molecule has 1 amide bonds. The first-order chi connectivity index (χ1) is 16.3. The summed E-state index contributed by atoms with van der Waals surface area (Å²) in [6, 6.07) is 37.0. The molecule has 4 rings (SSSR count). The summed E-state index contributed by atoms with van der Waals surface area (Å²) < 4.78 is 4.87. The van der Waals surface area contributed by atoms with E-state index >= 15 is 0 Å². The number of nitrogens with one attached hydrogen (secondary N) is 1. The molecular weight excluding hydrogens is 517 g/mol. The lowest BCUT2D eigenvalue weighted by Crippen LogP contribution is -2.27. The molecule has 0 fully saturated rings. The number of benzene rings is 4. The monoisotopic (exact) mass is 547 g/mol. The van der Waals surface area contributed by atoms with Gasteiger partial charge in [-0.2, -0.15) is 9.90 Å². The summed E-state index contributed by atoms with van der Waals surface area (Å²) in [5.74, 6) is 0. The molecule has 35 heavy (non-hydrogen) atoms. The molecule has 0 aromatic heterocycles. The first-order valence-electron chi connectivity index (χ1n) is 11.3. The van der Waals surface area contributed by atoms with Gasteiger partial charge in [-0.05, 0) is 60.7 Å². The SMILES string of the molecule is CC(C)(C)OC(=O)Nc1ccc(C(Br)(c2ccccc2)c2ccccc2)c(-c2ccccc2)c1.P. The van der Waals surface area contributed by atoms with Crippen molar-refractivity contribution in [1.82, 2.24) is 0 Å². The van der Waals surface area contributed by atoms with Crippen LogP contribution in [-0.2, 0) is 9.06 Å². The van der Waals surface area contributed by atoms with Gasteiger partial charge in [0.25, 0.3) is 0 Å². The maximum atomic E-state index is 12.5. The van der Waals surface area contributed by atoms with Crippen LogP contribution in [0.25, 0.3) is 11.1 Å². The van der Waals surface area contributed by atoms with E-state index in [1.54, 1.807) is 0 Å². The molecule has 4 aromatic rings. The second kappa shape index (κ2) is 11.2. The summed E-state index contributed by atoms with van der Waals surface area (Å²) in [6.45, 7) is 5.55. The fourth-order valence-corrected chi connectivity index (χ4v) is 4.89. The molecule has 0 aliphatic heterocycles. The highest BCUT2D eigenvalue weighted by Gasteiger charge is 2.35. The molecule has 0 radical (unpaired) electrons. The zero-order valence-electron chi connectivity index (χ0n) is 20.3. The van der Waals surface area contributed by atoms with Gasteiger partial charge in [-0.25, -0.2) is 4.79 Å². The first kappa shape index (κ1) is 26.7. The molecule has 3 nitrogen and oxygen atoms in total. The van der Waals surface area contributed by atoms with Crippen LogP contribution in [0.2, 0.25) is 0 Å². The summed E-state index contributed by atoms with van der Waals surface area (Å²) in [5, 5.41) is 2.89. The van der Waals surface area contributed by atoms with E-state index in [0.717, 1.165) is 27.8 Å². The van der Waals surface area contributed by atoms with Crippen molar-refractivity contribution in [3.63, 3.8) is 0 Å². The van der Waals surface area contributed by atoms with Crippen LogP contribution in [0.4, 0.5) is 10.5 Å². The fraction of sp³-hybridized carbons (Fsp3) is 0.167. The molecule has 0 bridgehead atoms. The topological polar surface area (TPSA) is 38.3 Å². The van der Waals surface area contributed by atoms with Gasteiger partial charge in [0.05, 0.1) is 0 Å². The third-order valence-electron chi connectivity index (χ3n) is 5.46. The lowest BCUT2D eigenvalue weighted by Gasteiger charge is -2.32. The lowest BCUT2D eigenvalue weighted by molar-refractivity contribution is 0.0636. The summed E-state index contributed by atoms with van der Waals surface area (Å²) in [5.41, 5.74) is 5.48. The van der Waals surface area contributed by atoms with E-state index in [2.05, 4.69) is 88.0 Å². The Labute approximate surface area is 219 Å². The highest BCUT2D eigenvalue weighted by molar-refractivity contribution is 9.10. The average molecular weight is 548 g/mol. The van der Waals surface area contributed by atoms with Gasteiger partial charge < -0.3 is 4.74 Å². The minimum absolute atomic E-state index is 0. The molecule has 0 saturated heterocycles. The number of hydrogen-bond acceptors (Lipinski definition) is 2. The molecule has 180 valence electrons. The van der Waals surface area contributed by atoms with E-state index in [-0.39, 0.29) is 9.90 Å². The molecule has 1 unspecified atom stereocenters. The minimum atomic E-state index is -0.592. The van der Waals surface area contributed by atoms with Gasteiger partial charge in [-0.3, -0.25) is 5.32 Å². The maximum Gasteiger partial charge on any atom is 0.412 e. The van der Waals surface area contributed by atoms with Gasteiger partial charge in [0.2, 0.25) is 0 Å². The number of halogens is 1. The van der Waals surface area contributed by atoms with Gasteiger partial charge in [0, 0.05) is 5.69 Å². The summed E-state index contributed by atoms with van der Waals surface area (Å²) >= 11 is 4.16. The summed E-state index contributed by atoms with van der Waals surface area (Å²) in [6.07, 6.45) is -0.476. The van der Waals surface area contributed by atoms with Crippen LogP contribution in [0.1, 0.15) is 37.5 Å². The Morgan fingerprint density at radius 3 is 1.71 bits per heavy atom. The molecular formula is C30H31BrNO2P. The molecule has 1 N–H and O–H groups in total. The number of rotatable bonds is 5. The minimum Gasteiger partial charge on any atom is -0.444 e. The highest BCUT2D eigenvalue weighted by atomic mass is 79.9. The zero-order valence-corrected chi connectivity index (χ0v) is 23.3. The fourth-order valence-electron chi connectivity index (χ4n) is 4.01. The number of amides is 1. The number of alkyl halides is 1. The first-order valence-corrected chi connectivity index (χ1v) is 12.1. The number of carbonyl (C=O) groups excluding carboxylic acids is 1. The van der Waals surface area contributed by atoms with Crippen molar-refractivity contribution in [3.05, 3.63) is 126 Å². The third-order valence-corrected chi connectivity index (χ3v) is 6.81. The Kier molecular flexibility index (Phi) is 8.53. The zero-order chi connectivity index (χ0) is 24.2. The van der Waals surface area contributed by atoms with E-state index < -0.39 is 16.0 Å². The number of anilines is 1. The quantitative estimate of drug-likeness (QED) is 0.154. The van der Waals surface area contributed by atoms with Gasteiger partial charge in [-0.1, -0.05) is 113 Å². The van der Waals surface area contributed by atoms with Crippen LogP contribution in [-0.4, -0.2) is 11.7 Å². The lowest BCUT2D eigenvalue weighted by atomic mass is 9.81. The van der Waals surface area contributed by atoms with E-state index in [0.29, 0.717) is 5.69 Å². The van der Waals surface area contributed by atoms with Crippen molar-refractivity contribution in [2.24, 2.45) is 0 Å². The Balaban J connectivity index is 0.00000342. The van der Waals surface area contributed by atoms with Crippen molar-refractivity contribution >= 4 is 37.6 Å². The standard InChI is InChI=1S/C30H28BrNO2.H3P/c1-29(2,3)34-28(33)32-25-19-20-27(26(21-25)22-13-7-4-8-14-22)30(31,23-15-9-5-10-16-23)24-17-11-6-12-18-24;/h4-21H,1-3H3,(H,32,33);1H3. The van der Waals surface area contributed by atoms with Crippen LogP contribution in [0.15, 0.2) is 109 Å². The van der Waals surface area contributed by atoms with Crippen molar-refractivity contribution in [3.8, 4) is 11.1 Å². The molecule has 0 spiro atoms. The van der Waals surface area contributed by atoms with Crippen LogP contribution < -0.4 is 5.32 Å². The highest BCUT2D eigenvalue weighted by Crippen LogP contribution is 2.48. The molecule has 1 atom stereocenters. The Bertz CT molecular complexity index is 1220. The Morgan fingerprint density at radius 2 is 1.23 bits per heavy atom. The van der Waals surface area contributed by atoms with Gasteiger partial charge >= 0.3 is 6.09 Å². The molecule has 5 heteroatoms. The Hall–Kier alpha value is -2.94. The van der Waals surface area contributed by atoms with Crippen LogP contribution in [0.3, 0.4) is 0 Å². The molecule has 4 aromatic carbocycles. The van der Waals surface area contributed by atoms with Crippen LogP contribution in [0, 0.1) is 0 Å². The van der Waals surface area contributed by atoms with Crippen molar-refractivity contribution in [2.45, 2.75) is 30.7 Å². The predicted octanol–water partition coefficient (Wildman–Crippen LogP) is 8.45. The normalized spacial score (nSPS) is 11.3. The van der Waals surface area contributed by atoms with Gasteiger partial charge in [0.15, 0.2) is 0 Å². The second-order valence-electron chi connectivity index (χ2n) is 9.14. The van der Waals surface area contributed by atoms with Gasteiger partial charge in [-0.15, -0.1) is 0 Å². The smallest absolute Gasteiger partial charge is 0.412 e. The Morgan fingerprint density at radius 1 is 0.743 bits per heavy atom. The van der Waals surface area contributed by atoms with Crippen molar-refractivity contribution in [2.75, 3.05) is 5.32 Å². The van der Waals surface area contributed by atoms with E-state index in [4.69, 9.17) is 4.74 Å². The molecule has 0 aliphatic carbocycles. The van der Waals surface area contributed by atoms with E-state index in [1.807, 2.05) is 63.2 Å². The van der Waals surface area contributed by atoms with Crippen molar-refractivity contribution < 1.29 is 9.53 Å². The van der Waals surface area contributed by atoms with Crippen molar-refractivity contribution in [1.29, 1.82) is 0 Å². The summed E-state index contributed by atoms with van der Waals surface area (Å²) in [4.78, 5) is 12.5. The maximum absolute atomic E-state index is 12.5. The second-order valence-corrected chi connectivity index (χ2v) is 10.3. The number of hydrogen-bond donors (Lipinski definition) is 1. The predicted molar refractivity (Wildman–Crippen MR) is 155 cm³/mol. The van der Waals surface area contributed by atoms with Crippen LogP contribution >= 0.6 is 25.8 Å². The number of ether oxygens (including phenoxy) is 1. The number of carbonyl (C=O) groups is 1. The van der Waals surface area contributed by atoms with E-state index in [1.165, 1.54) is 0 Å².